The summed E-state index contributed by atoms with van der Waals surface area (Å²) in [5.41, 5.74) is 5.21. The maximum absolute atomic E-state index is 10.2. The average molecular weight is 156 g/mol. The van der Waals surface area contributed by atoms with E-state index in [1.165, 1.54) is 6.33 Å². The van der Waals surface area contributed by atoms with Crippen LogP contribution in [-0.2, 0) is 11.2 Å². The number of aromatic amines is 1. The molecule has 0 aliphatic rings. The molecule has 1 aromatic heterocycles. The lowest BCUT2D eigenvalue weighted by Crippen LogP contribution is -2.32. The van der Waals surface area contributed by atoms with Gasteiger partial charge < -0.3 is 10.8 Å². The summed E-state index contributed by atoms with van der Waals surface area (Å²) in [7, 11) is 0. The minimum atomic E-state index is -1.05. The van der Waals surface area contributed by atoms with Crippen molar-refractivity contribution in [3.63, 3.8) is 0 Å². The van der Waals surface area contributed by atoms with Crippen molar-refractivity contribution in [1.29, 1.82) is 0 Å². The molecular weight excluding hydrogens is 148 g/mol. The largest absolute Gasteiger partial charge is 0.480 e. The van der Waals surface area contributed by atoms with E-state index in [2.05, 4.69) is 15.2 Å². The first-order valence-electron chi connectivity index (χ1n) is 3.03. The summed E-state index contributed by atoms with van der Waals surface area (Å²) >= 11 is 0. The van der Waals surface area contributed by atoms with Gasteiger partial charge in [-0.2, -0.15) is 5.10 Å². The Bertz CT molecular complexity index is 233. The Morgan fingerprint density at radius 3 is 3.09 bits per heavy atom. The molecule has 60 valence electrons. The van der Waals surface area contributed by atoms with Crippen LogP contribution in [0.15, 0.2) is 6.33 Å². The van der Waals surface area contributed by atoms with Gasteiger partial charge in [-0.15, -0.1) is 0 Å². The van der Waals surface area contributed by atoms with Crippen molar-refractivity contribution in [2.75, 3.05) is 0 Å². The minimum Gasteiger partial charge on any atom is -0.480 e. The number of nitrogens with zero attached hydrogens (tertiary/aromatic N) is 2. The second kappa shape index (κ2) is 3.11. The molecule has 0 saturated heterocycles. The number of hydrogen-bond acceptors (Lipinski definition) is 4. The summed E-state index contributed by atoms with van der Waals surface area (Å²) in [5.74, 6) is -0.630. The molecule has 11 heavy (non-hydrogen) atoms. The zero-order valence-electron chi connectivity index (χ0n) is 5.69. The maximum atomic E-state index is 10.2. The van der Waals surface area contributed by atoms with Gasteiger partial charge in [0.15, 0.2) is 5.82 Å². The summed E-state index contributed by atoms with van der Waals surface area (Å²) in [6.07, 6.45) is 1.53. The SMILES string of the molecule is N[C@H](Cc1nc[nH]n1)C(=O)O. The molecular formula is C5H8N4O2. The summed E-state index contributed by atoms with van der Waals surface area (Å²) in [4.78, 5) is 14.0. The number of H-pyrrole nitrogens is 1. The van der Waals surface area contributed by atoms with Gasteiger partial charge in [0.05, 0.1) is 0 Å². The number of nitrogens with one attached hydrogen (secondary N) is 1. The monoisotopic (exact) mass is 156 g/mol. The molecule has 0 saturated carbocycles. The van der Waals surface area contributed by atoms with E-state index in [1.807, 2.05) is 0 Å². The van der Waals surface area contributed by atoms with Crippen molar-refractivity contribution in [2.45, 2.75) is 12.5 Å². The predicted molar refractivity (Wildman–Crippen MR) is 35.7 cm³/mol. The Kier molecular flexibility index (Phi) is 2.17. The van der Waals surface area contributed by atoms with E-state index in [0.29, 0.717) is 5.82 Å². The molecule has 6 heteroatoms. The third kappa shape index (κ3) is 2.01. The summed E-state index contributed by atoms with van der Waals surface area (Å²) in [6, 6.07) is -0.925. The van der Waals surface area contributed by atoms with Gasteiger partial charge in [-0.3, -0.25) is 9.89 Å². The Morgan fingerprint density at radius 2 is 2.64 bits per heavy atom. The van der Waals surface area contributed by atoms with Crippen LogP contribution < -0.4 is 5.73 Å². The Hall–Kier alpha value is -1.43. The van der Waals surface area contributed by atoms with E-state index in [0.717, 1.165) is 0 Å². The zero-order chi connectivity index (χ0) is 8.27. The highest BCUT2D eigenvalue weighted by Gasteiger charge is 2.13. The van der Waals surface area contributed by atoms with Crippen molar-refractivity contribution in [3.05, 3.63) is 12.2 Å². The Morgan fingerprint density at radius 1 is 1.91 bits per heavy atom. The third-order valence-corrected chi connectivity index (χ3v) is 1.18. The number of aliphatic carboxylic acids is 1. The molecule has 1 aromatic rings. The van der Waals surface area contributed by atoms with Gasteiger partial charge in [0.1, 0.15) is 12.4 Å². The van der Waals surface area contributed by atoms with Crippen molar-refractivity contribution >= 4 is 5.97 Å². The zero-order valence-corrected chi connectivity index (χ0v) is 5.69. The van der Waals surface area contributed by atoms with E-state index in [-0.39, 0.29) is 6.42 Å². The molecule has 0 aromatic carbocycles. The van der Waals surface area contributed by atoms with Crippen molar-refractivity contribution in [3.8, 4) is 0 Å². The Balaban J connectivity index is 2.50. The molecule has 1 rings (SSSR count). The molecule has 1 atom stereocenters. The number of nitrogens with two attached hydrogens (primary N) is 1. The molecule has 0 aliphatic carbocycles. The molecule has 0 amide bonds. The van der Waals surface area contributed by atoms with Gasteiger partial charge in [-0.05, 0) is 0 Å². The smallest absolute Gasteiger partial charge is 0.320 e. The topological polar surface area (TPSA) is 105 Å². The lowest BCUT2D eigenvalue weighted by atomic mass is 10.2. The van der Waals surface area contributed by atoms with E-state index >= 15 is 0 Å². The van der Waals surface area contributed by atoms with Crippen LogP contribution in [-0.4, -0.2) is 32.3 Å². The number of carbonyl (C=O) groups is 1. The standard InChI is InChI=1S/C5H8N4O2/c6-3(5(10)11)1-4-7-2-8-9-4/h2-3H,1,6H2,(H,10,11)(H,7,8,9)/t3-/m1/s1. The van der Waals surface area contributed by atoms with Crippen LogP contribution in [0, 0.1) is 0 Å². The fraction of sp³-hybridized carbons (Fsp3) is 0.400. The highest BCUT2D eigenvalue weighted by Crippen LogP contribution is 1.91. The summed E-state index contributed by atoms with van der Waals surface area (Å²) in [5, 5.41) is 14.5. The number of carboxylic acid groups (broad SMARTS) is 1. The number of hydrogen-bond donors (Lipinski definition) is 3. The predicted octanol–water partition coefficient (Wildman–Crippen LogP) is -1.24. The number of carboxylic acids is 1. The first-order valence-corrected chi connectivity index (χ1v) is 3.03. The fourth-order valence-electron chi connectivity index (χ4n) is 0.618. The first kappa shape index (κ1) is 7.67. The quantitative estimate of drug-likeness (QED) is 0.507. The second-order valence-electron chi connectivity index (χ2n) is 2.06. The minimum absolute atomic E-state index is 0.152. The maximum Gasteiger partial charge on any atom is 0.320 e. The molecule has 4 N–H and O–H groups in total. The van der Waals surface area contributed by atoms with Crippen LogP contribution >= 0.6 is 0 Å². The highest BCUT2D eigenvalue weighted by molar-refractivity contribution is 5.73. The number of rotatable bonds is 3. The fourth-order valence-corrected chi connectivity index (χ4v) is 0.618. The van der Waals surface area contributed by atoms with Crippen LogP contribution in [0.4, 0.5) is 0 Å². The van der Waals surface area contributed by atoms with Crippen LogP contribution in [0.5, 0.6) is 0 Å². The second-order valence-corrected chi connectivity index (χ2v) is 2.06. The van der Waals surface area contributed by atoms with Crippen LogP contribution in [0.2, 0.25) is 0 Å². The Labute approximate surface area is 62.4 Å². The molecule has 0 spiro atoms. The third-order valence-electron chi connectivity index (χ3n) is 1.18. The van der Waals surface area contributed by atoms with Gasteiger partial charge >= 0.3 is 5.97 Å². The molecule has 0 aliphatic heterocycles. The molecule has 0 radical (unpaired) electrons. The van der Waals surface area contributed by atoms with E-state index in [1.54, 1.807) is 0 Å². The normalized spacial score (nSPS) is 12.8. The highest BCUT2D eigenvalue weighted by atomic mass is 16.4. The van der Waals surface area contributed by atoms with Crippen molar-refractivity contribution < 1.29 is 9.90 Å². The molecule has 0 unspecified atom stereocenters. The van der Waals surface area contributed by atoms with Gasteiger partial charge in [-0.1, -0.05) is 0 Å². The lowest BCUT2D eigenvalue weighted by Gasteiger charge is -2.00. The molecule has 0 fully saturated rings. The molecule has 1 heterocycles. The van der Waals surface area contributed by atoms with Crippen LogP contribution in [0.1, 0.15) is 5.82 Å². The van der Waals surface area contributed by atoms with E-state index < -0.39 is 12.0 Å². The van der Waals surface area contributed by atoms with E-state index in [4.69, 9.17) is 10.8 Å². The average Bonchev–Trinajstić information content (AvgIpc) is 2.39. The van der Waals surface area contributed by atoms with Gasteiger partial charge in [0.2, 0.25) is 0 Å². The van der Waals surface area contributed by atoms with Crippen molar-refractivity contribution in [1.82, 2.24) is 15.2 Å². The van der Waals surface area contributed by atoms with Crippen LogP contribution in [0.25, 0.3) is 0 Å². The number of aromatic nitrogens is 3. The summed E-state index contributed by atoms with van der Waals surface area (Å²) < 4.78 is 0. The molecule has 0 bridgehead atoms. The van der Waals surface area contributed by atoms with E-state index in [9.17, 15) is 4.79 Å². The summed E-state index contributed by atoms with van der Waals surface area (Å²) in [6.45, 7) is 0. The lowest BCUT2D eigenvalue weighted by molar-refractivity contribution is -0.138. The van der Waals surface area contributed by atoms with Gasteiger partial charge in [0, 0.05) is 6.42 Å². The van der Waals surface area contributed by atoms with Crippen LogP contribution in [0.3, 0.4) is 0 Å². The van der Waals surface area contributed by atoms with Gasteiger partial charge in [-0.25, -0.2) is 4.98 Å². The molecule has 6 nitrogen and oxygen atoms in total. The first-order chi connectivity index (χ1) is 5.20. The van der Waals surface area contributed by atoms with Crippen molar-refractivity contribution in [2.24, 2.45) is 5.73 Å². The van der Waals surface area contributed by atoms with Gasteiger partial charge in [0.25, 0.3) is 0 Å².